The summed E-state index contributed by atoms with van der Waals surface area (Å²) in [5.41, 5.74) is 7.41. The molecule has 1 unspecified atom stereocenters. The second-order valence-electron chi connectivity index (χ2n) is 6.10. The van der Waals surface area contributed by atoms with E-state index in [-0.39, 0.29) is 12.1 Å². The van der Waals surface area contributed by atoms with E-state index < -0.39 is 16.9 Å². The monoisotopic (exact) mass is 378 g/mol. The molecule has 27 heavy (non-hydrogen) atoms. The molecule has 0 radical (unpaired) electrons. The van der Waals surface area contributed by atoms with Crippen molar-refractivity contribution in [1.29, 1.82) is 0 Å². The van der Waals surface area contributed by atoms with Crippen LogP contribution in [0.1, 0.15) is 19.4 Å². The molecule has 9 heteroatoms. The maximum Gasteiger partial charge on any atom is 0.320 e. The van der Waals surface area contributed by atoms with E-state index in [0.29, 0.717) is 48.5 Å². The van der Waals surface area contributed by atoms with Gasteiger partial charge in [0.05, 0.1) is 29.0 Å². The van der Waals surface area contributed by atoms with Crippen LogP contribution < -0.4 is 10.6 Å². The number of fused-ring (bicyclic) bond motifs is 1. The molecule has 1 fully saturated rings. The molecule has 9 nitrogen and oxygen atoms in total. The van der Waals surface area contributed by atoms with Gasteiger partial charge in [-0.1, -0.05) is 13.8 Å². The Labute approximate surface area is 157 Å². The predicted octanol–water partition coefficient (Wildman–Crippen LogP) is 1.90. The maximum atomic E-state index is 11.9. The predicted molar refractivity (Wildman–Crippen MR) is 103 cm³/mol. The first-order valence-corrected chi connectivity index (χ1v) is 8.96. The standard InChI is InChI=1S/C16H20N4O5.C2H6/c1-18-9-10(8-11(17)16(21)22)14-12(18)2-3-13(15(14)20(23)24)19-4-6-25-7-5-19;1-2/h2-3,9,11H,4-8,17H2,1H3,(H,21,22);1-2H3. The van der Waals surface area contributed by atoms with E-state index in [1.807, 2.05) is 24.8 Å². The lowest BCUT2D eigenvalue weighted by molar-refractivity contribution is -0.382. The molecule has 1 aliphatic rings. The van der Waals surface area contributed by atoms with Crippen LogP contribution in [0.15, 0.2) is 18.3 Å². The fourth-order valence-electron chi connectivity index (χ4n) is 3.27. The molecule has 1 aliphatic heterocycles. The third kappa shape index (κ3) is 4.20. The number of nitrogens with two attached hydrogens (primary N) is 1. The minimum Gasteiger partial charge on any atom is -0.480 e. The number of hydrogen-bond acceptors (Lipinski definition) is 6. The fraction of sp³-hybridized carbons (Fsp3) is 0.500. The van der Waals surface area contributed by atoms with Crippen molar-refractivity contribution in [1.82, 2.24) is 4.57 Å². The van der Waals surface area contributed by atoms with Gasteiger partial charge >= 0.3 is 11.7 Å². The van der Waals surface area contributed by atoms with Crippen molar-refractivity contribution in [3.8, 4) is 0 Å². The molecule has 0 bridgehead atoms. The Morgan fingerprint density at radius 3 is 2.56 bits per heavy atom. The van der Waals surface area contributed by atoms with Gasteiger partial charge < -0.3 is 25.0 Å². The van der Waals surface area contributed by atoms with Gasteiger partial charge in [0.1, 0.15) is 11.7 Å². The van der Waals surface area contributed by atoms with Crippen molar-refractivity contribution < 1.29 is 19.6 Å². The highest BCUT2D eigenvalue weighted by Gasteiger charge is 2.28. The van der Waals surface area contributed by atoms with Crippen LogP contribution in [0.4, 0.5) is 11.4 Å². The van der Waals surface area contributed by atoms with Gasteiger partial charge in [0.25, 0.3) is 0 Å². The van der Waals surface area contributed by atoms with Crippen LogP contribution in [0.25, 0.3) is 10.9 Å². The van der Waals surface area contributed by atoms with Gasteiger partial charge in [-0.3, -0.25) is 14.9 Å². The lowest BCUT2D eigenvalue weighted by atomic mass is 10.0. The second kappa shape index (κ2) is 8.83. The summed E-state index contributed by atoms with van der Waals surface area (Å²) < 4.78 is 7.08. The van der Waals surface area contributed by atoms with E-state index in [2.05, 4.69) is 0 Å². The molecule has 2 aromatic rings. The van der Waals surface area contributed by atoms with Crippen molar-refractivity contribution in [2.45, 2.75) is 26.3 Å². The van der Waals surface area contributed by atoms with Crippen LogP contribution in [-0.2, 0) is 23.0 Å². The first kappa shape index (κ1) is 20.7. The number of nitrogens with zero attached hydrogens (tertiary/aromatic N) is 3. The number of morpholine rings is 1. The Morgan fingerprint density at radius 1 is 1.37 bits per heavy atom. The molecule has 2 heterocycles. The number of benzene rings is 1. The van der Waals surface area contributed by atoms with Crippen LogP contribution in [0.2, 0.25) is 0 Å². The number of hydrogen-bond donors (Lipinski definition) is 2. The van der Waals surface area contributed by atoms with E-state index in [1.165, 1.54) is 0 Å². The summed E-state index contributed by atoms with van der Waals surface area (Å²) >= 11 is 0. The number of carbonyl (C=O) groups is 1. The highest BCUT2D eigenvalue weighted by atomic mass is 16.6. The molecule has 3 N–H and O–H groups in total. The Balaban J connectivity index is 0.00000126. The van der Waals surface area contributed by atoms with E-state index >= 15 is 0 Å². The normalized spacial score (nSPS) is 15.2. The van der Waals surface area contributed by atoms with Crippen LogP contribution in [0, 0.1) is 10.1 Å². The largest absolute Gasteiger partial charge is 0.480 e. The molecule has 1 aromatic heterocycles. The Bertz CT molecular complexity index is 827. The van der Waals surface area contributed by atoms with E-state index in [9.17, 15) is 14.9 Å². The number of aromatic nitrogens is 1. The molecule has 1 aromatic carbocycles. The van der Waals surface area contributed by atoms with Gasteiger partial charge in [-0.15, -0.1) is 0 Å². The summed E-state index contributed by atoms with van der Waals surface area (Å²) in [4.78, 5) is 24.5. The fourth-order valence-corrected chi connectivity index (χ4v) is 3.27. The Morgan fingerprint density at radius 2 is 2.00 bits per heavy atom. The van der Waals surface area contributed by atoms with Crippen molar-refractivity contribution >= 4 is 28.2 Å². The van der Waals surface area contributed by atoms with Crippen molar-refractivity contribution in [3.05, 3.63) is 34.0 Å². The van der Waals surface area contributed by atoms with Crippen LogP contribution in [0.5, 0.6) is 0 Å². The van der Waals surface area contributed by atoms with Crippen LogP contribution >= 0.6 is 0 Å². The average Bonchev–Trinajstić information content (AvgIpc) is 2.98. The van der Waals surface area contributed by atoms with Gasteiger partial charge in [-0.25, -0.2) is 0 Å². The SMILES string of the molecule is CC.Cn1cc(CC(N)C(=O)O)c2c([N+](=O)[O-])c(N3CCOCC3)ccc21. The highest BCUT2D eigenvalue weighted by molar-refractivity contribution is 5.98. The van der Waals surface area contributed by atoms with Gasteiger partial charge in [0.2, 0.25) is 0 Å². The highest BCUT2D eigenvalue weighted by Crippen LogP contribution is 2.39. The molecule has 0 saturated carbocycles. The van der Waals surface area contributed by atoms with Gasteiger partial charge in [-0.2, -0.15) is 0 Å². The summed E-state index contributed by atoms with van der Waals surface area (Å²) in [5.74, 6) is -1.14. The minimum absolute atomic E-state index is 0.00686. The minimum atomic E-state index is -1.14. The Kier molecular flexibility index (Phi) is 6.75. The van der Waals surface area contributed by atoms with Gasteiger partial charge in [0, 0.05) is 32.8 Å². The number of aliphatic carboxylic acids is 1. The molecular formula is C18H26N4O5. The summed E-state index contributed by atoms with van der Waals surface area (Å²) in [7, 11) is 1.77. The third-order valence-electron chi connectivity index (χ3n) is 4.48. The zero-order valence-electron chi connectivity index (χ0n) is 15.8. The quantitative estimate of drug-likeness (QED) is 0.601. The van der Waals surface area contributed by atoms with E-state index in [0.717, 1.165) is 0 Å². The number of carboxylic acids is 1. The molecule has 1 atom stereocenters. The Hall–Kier alpha value is -2.65. The topological polar surface area (TPSA) is 124 Å². The van der Waals surface area contributed by atoms with Crippen molar-refractivity contribution in [2.75, 3.05) is 31.2 Å². The summed E-state index contributed by atoms with van der Waals surface area (Å²) in [6, 6.07) is 2.45. The zero-order valence-corrected chi connectivity index (χ0v) is 15.8. The molecule has 148 valence electrons. The number of carboxylic acid groups (broad SMARTS) is 1. The number of ether oxygens (including phenoxy) is 1. The third-order valence-corrected chi connectivity index (χ3v) is 4.48. The molecule has 0 amide bonds. The molecule has 0 aliphatic carbocycles. The average molecular weight is 378 g/mol. The summed E-state index contributed by atoms with van der Waals surface area (Å²) in [5, 5.41) is 21.4. The first-order chi connectivity index (χ1) is 12.9. The molecule has 3 rings (SSSR count). The van der Waals surface area contributed by atoms with E-state index in [1.54, 1.807) is 23.9 Å². The molecule has 1 saturated heterocycles. The van der Waals surface area contributed by atoms with Crippen molar-refractivity contribution in [3.63, 3.8) is 0 Å². The van der Waals surface area contributed by atoms with E-state index in [4.69, 9.17) is 15.6 Å². The van der Waals surface area contributed by atoms with Crippen LogP contribution in [0.3, 0.4) is 0 Å². The number of nitro benzene ring substituents is 1. The zero-order chi connectivity index (χ0) is 20.1. The second-order valence-corrected chi connectivity index (χ2v) is 6.10. The lowest BCUT2D eigenvalue weighted by Gasteiger charge is -2.28. The maximum absolute atomic E-state index is 11.9. The van der Waals surface area contributed by atoms with Crippen molar-refractivity contribution in [2.24, 2.45) is 12.8 Å². The smallest absolute Gasteiger partial charge is 0.320 e. The molecular weight excluding hydrogens is 352 g/mol. The number of nitro groups is 1. The van der Waals surface area contributed by atoms with Gasteiger partial charge in [0.15, 0.2) is 0 Å². The number of anilines is 1. The summed E-state index contributed by atoms with van der Waals surface area (Å²) in [6.45, 7) is 6.17. The number of aryl methyl sites for hydroxylation is 1. The van der Waals surface area contributed by atoms with Crippen LogP contribution in [-0.4, -0.2) is 52.9 Å². The first-order valence-electron chi connectivity index (χ1n) is 8.96. The molecule has 0 spiro atoms. The number of rotatable bonds is 5. The summed E-state index contributed by atoms with van der Waals surface area (Å²) in [6.07, 6.45) is 1.74. The van der Waals surface area contributed by atoms with Gasteiger partial charge in [-0.05, 0) is 17.7 Å². The lowest BCUT2D eigenvalue weighted by Crippen LogP contribution is -2.36.